The summed E-state index contributed by atoms with van der Waals surface area (Å²) in [4.78, 5) is 0. The summed E-state index contributed by atoms with van der Waals surface area (Å²) in [5, 5.41) is 0. The van der Waals surface area contributed by atoms with Gasteiger partial charge in [0.15, 0.2) is 0 Å². The lowest BCUT2D eigenvalue weighted by Crippen LogP contribution is -2.15. The van der Waals surface area contributed by atoms with Gasteiger partial charge in [-0.05, 0) is 30.4 Å². The van der Waals surface area contributed by atoms with Crippen molar-refractivity contribution in [2.24, 2.45) is 11.8 Å². The maximum Gasteiger partial charge on any atom is 0.0103 e. The van der Waals surface area contributed by atoms with E-state index >= 15 is 0 Å². The molecule has 0 saturated heterocycles. The molecule has 0 radical (unpaired) electrons. The third kappa shape index (κ3) is 14.6. The van der Waals surface area contributed by atoms with E-state index in [2.05, 4.69) is 53.3 Å². The Morgan fingerprint density at radius 1 is 0.737 bits per heavy atom. The molecule has 0 amide bonds. The monoisotopic (exact) mass is 286 g/mol. The molecule has 0 N–H and O–H groups in total. The van der Waals surface area contributed by atoms with Crippen molar-refractivity contribution in [1.82, 2.24) is 0 Å². The fourth-order valence-corrected chi connectivity index (χ4v) is 3.55. The maximum absolute atomic E-state index is 2.43. The molecule has 0 bridgehead atoms. The quantitative estimate of drug-likeness (QED) is 0.350. The Morgan fingerprint density at radius 2 is 1.26 bits per heavy atom. The summed E-state index contributed by atoms with van der Waals surface area (Å²) in [7, 11) is 0. The Hall–Kier alpha value is 0.350. The molecule has 0 aromatic carbocycles. The average Bonchev–Trinajstić information content (AvgIpc) is 2.28. The summed E-state index contributed by atoms with van der Waals surface area (Å²) in [5.74, 6) is 3.11. The predicted molar refractivity (Wildman–Crippen MR) is 93.1 cm³/mol. The van der Waals surface area contributed by atoms with Gasteiger partial charge < -0.3 is 0 Å². The van der Waals surface area contributed by atoms with Crippen LogP contribution in [0, 0.1) is 11.8 Å². The first-order valence-electron chi connectivity index (χ1n) is 8.47. The summed E-state index contributed by atoms with van der Waals surface area (Å²) in [5.41, 5.74) is 0. The lowest BCUT2D eigenvalue weighted by molar-refractivity contribution is 0.500. The highest BCUT2D eigenvalue weighted by Gasteiger charge is 2.17. The first-order valence-corrected chi connectivity index (χ1v) is 9.46. The Labute approximate surface area is 127 Å². The average molecular weight is 287 g/mol. The number of rotatable bonds is 12. The fourth-order valence-electron chi connectivity index (χ4n) is 2.36. The van der Waals surface area contributed by atoms with Gasteiger partial charge in [-0.1, -0.05) is 80.1 Å². The van der Waals surface area contributed by atoms with E-state index in [4.69, 9.17) is 0 Å². The van der Waals surface area contributed by atoms with Crippen LogP contribution in [0.15, 0.2) is 0 Å². The summed E-state index contributed by atoms with van der Waals surface area (Å²) >= 11 is 2.20. The molecule has 116 valence electrons. The van der Waals surface area contributed by atoms with Crippen molar-refractivity contribution >= 4 is 11.8 Å². The molecule has 0 unspecified atom stereocenters. The summed E-state index contributed by atoms with van der Waals surface area (Å²) in [6.07, 6.45) is 11.3. The number of unbranched alkanes of at least 4 members (excludes halogenated alkanes) is 3. The van der Waals surface area contributed by atoms with Crippen molar-refractivity contribution in [2.45, 2.75) is 97.7 Å². The molecular formula is C18H38S. The van der Waals surface area contributed by atoms with Crippen LogP contribution in [-0.2, 0) is 0 Å². The van der Waals surface area contributed by atoms with Crippen LogP contribution >= 0.6 is 11.8 Å². The fraction of sp³-hybridized carbons (Fsp3) is 1.00. The number of hydrogen-bond donors (Lipinski definition) is 0. The van der Waals surface area contributed by atoms with E-state index in [0.29, 0.717) is 4.75 Å². The first-order chi connectivity index (χ1) is 8.83. The summed E-state index contributed by atoms with van der Waals surface area (Å²) in [6, 6.07) is 0. The topological polar surface area (TPSA) is 0 Å². The zero-order valence-electron chi connectivity index (χ0n) is 14.4. The molecule has 0 nitrogen and oxygen atoms in total. The molecule has 0 aromatic rings. The highest BCUT2D eigenvalue weighted by atomic mass is 32.2. The summed E-state index contributed by atoms with van der Waals surface area (Å²) in [6.45, 7) is 14.2. The molecule has 0 aliphatic rings. The second kappa shape index (κ2) is 11.1. The van der Waals surface area contributed by atoms with Crippen LogP contribution in [0.2, 0.25) is 0 Å². The van der Waals surface area contributed by atoms with Crippen LogP contribution in [0.1, 0.15) is 92.9 Å². The van der Waals surface area contributed by atoms with Gasteiger partial charge in [-0.15, -0.1) is 0 Å². The number of thioether (sulfide) groups is 1. The van der Waals surface area contributed by atoms with Crippen LogP contribution in [-0.4, -0.2) is 10.5 Å². The van der Waals surface area contributed by atoms with Crippen molar-refractivity contribution in [2.75, 3.05) is 5.75 Å². The Bertz CT molecular complexity index is 194. The van der Waals surface area contributed by atoms with E-state index in [-0.39, 0.29) is 0 Å². The highest BCUT2D eigenvalue weighted by molar-refractivity contribution is 8.00. The Morgan fingerprint density at radius 3 is 1.79 bits per heavy atom. The minimum absolute atomic E-state index is 0.495. The molecule has 0 saturated carbocycles. The molecule has 0 aromatic heterocycles. The van der Waals surface area contributed by atoms with Gasteiger partial charge in [0.25, 0.3) is 0 Å². The van der Waals surface area contributed by atoms with Gasteiger partial charge in [0, 0.05) is 4.75 Å². The van der Waals surface area contributed by atoms with Gasteiger partial charge >= 0.3 is 0 Å². The van der Waals surface area contributed by atoms with E-state index in [1.165, 1.54) is 57.1 Å². The van der Waals surface area contributed by atoms with Crippen molar-refractivity contribution in [1.29, 1.82) is 0 Å². The Kier molecular flexibility index (Phi) is 11.3. The van der Waals surface area contributed by atoms with E-state index < -0.39 is 0 Å². The van der Waals surface area contributed by atoms with Gasteiger partial charge in [0.05, 0.1) is 0 Å². The van der Waals surface area contributed by atoms with Crippen LogP contribution in [0.4, 0.5) is 0 Å². The highest BCUT2D eigenvalue weighted by Crippen LogP contribution is 2.31. The van der Waals surface area contributed by atoms with Gasteiger partial charge in [0.2, 0.25) is 0 Å². The normalized spacial score (nSPS) is 12.6. The third-order valence-corrected chi connectivity index (χ3v) is 5.21. The van der Waals surface area contributed by atoms with Crippen LogP contribution < -0.4 is 0 Å². The van der Waals surface area contributed by atoms with E-state index in [1.807, 2.05) is 0 Å². The van der Waals surface area contributed by atoms with Crippen molar-refractivity contribution in [3.63, 3.8) is 0 Å². The van der Waals surface area contributed by atoms with Gasteiger partial charge in [-0.25, -0.2) is 0 Å². The van der Waals surface area contributed by atoms with E-state index in [1.54, 1.807) is 0 Å². The molecule has 0 spiro atoms. The molecule has 0 aliphatic heterocycles. The van der Waals surface area contributed by atoms with Crippen LogP contribution in [0.5, 0.6) is 0 Å². The van der Waals surface area contributed by atoms with Crippen LogP contribution in [0.3, 0.4) is 0 Å². The van der Waals surface area contributed by atoms with Gasteiger partial charge in [0.1, 0.15) is 0 Å². The molecule has 0 aliphatic carbocycles. The molecule has 0 rings (SSSR count). The Balaban J connectivity index is 3.45. The standard InChI is InChI=1S/C18H38S/c1-16(2)12-8-7-11-15-19-18(5,6)14-10-9-13-17(3)4/h16-17H,7-15H2,1-6H3. The molecule has 19 heavy (non-hydrogen) atoms. The lowest BCUT2D eigenvalue weighted by atomic mass is 10.0. The SMILES string of the molecule is CC(C)CCCCCSC(C)(C)CCCCC(C)C. The molecule has 0 heterocycles. The molecular weight excluding hydrogens is 248 g/mol. The second-order valence-electron chi connectivity index (χ2n) is 7.49. The maximum atomic E-state index is 2.43. The predicted octanol–water partition coefficient (Wildman–Crippen LogP) is 6.93. The lowest BCUT2D eigenvalue weighted by Gasteiger charge is -2.24. The van der Waals surface area contributed by atoms with Crippen molar-refractivity contribution < 1.29 is 0 Å². The minimum Gasteiger partial charge on any atom is -0.156 e. The van der Waals surface area contributed by atoms with E-state index in [0.717, 1.165) is 11.8 Å². The zero-order chi connectivity index (χ0) is 14.7. The molecule has 0 fully saturated rings. The third-order valence-electron chi connectivity index (χ3n) is 3.73. The first kappa shape index (κ1) is 19.4. The van der Waals surface area contributed by atoms with Gasteiger partial charge in [-0.3, -0.25) is 0 Å². The van der Waals surface area contributed by atoms with Gasteiger partial charge in [-0.2, -0.15) is 11.8 Å². The molecule has 1 heteroatoms. The van der Waals surface area contributed by atoms with Crippen molar-refractivity contribution in [3.8, 4) is 0 Å². The smallest absolute Gasteiger partial charge is 0.0103 e. The zero-order valence-corrected chi connectivity index (χ0v) is 15.2. The summed E-state index contributed by atoms with van der Waals surface area (Å²) < 4.78 is 0.495. The van der Waals surface area contributed by atoms with Crippen molar-refractivity contribution in [3.05, 3.63) is 0 Å². The van der Waals surface area contributed by atoms with Crippen LogP contribution in [0.25, 0.3) is 0 Å². The number of hydrogen-bond acceptors (Lipinski definition) is 1. The molecule has 0 atom stereocenters. The van der Waals surface area contributed by atoms with E-state index in [9.17, 15) is 0 Å². The minimum atomic E-state index is 0.495. The largest absolute Gasteiger partial charge is 0.156 e. The second-order valence-corrected chi connectivity index (χ2v) is 9.29.